The molecule has 1 atom stereocenters. The molecule has 2 radical (unpaired) electrons. The molecule has 0 saturated heterocycles. The van der Waals surface area contributed by atoms with Crippen molar-refractivity contribution in [1.29, 1.82) is 0 Å². The summed E-state index contributed by atoms with van der Waals surface area (Å²) in [4.78, 5) is 9.11. The van der Waals surface area contributed by atoms with Gasteiger partial charge in [-0.15, -0.1) is 0 Å². The Bertz CT molecular complexity index is 929. The van der Waals surface area contributed by atoms with Crippen LogP contribution < -0.4 is 8.53 Å². The van der Waals surface area contributed by atoms with Crippen molar-refractivity contribution in [3.8, 4) is 5.88 Å². The normalized spacial score (nSPS) is 20.2. The van der Waals surface area contributed by atoms with E-state index in [0.717, 1.165) is 43.7 Å². The van der Waals surface area contributed by atoms with Crippen molar-refractivity contribution in [2.75, 3.05) is 5.33 Å². The van der Waals surface area contributed by atoms with Crippen molar-refractivity contribution in [3.05, 3.63) is 76.7 Å². The number of rotatable bonds is 3. The number of aromatic nitrogens is 2. The summed E-state index contributed by atoms with van der Waals surface area (Å²) in [6.45, 7) is 0. The minimum atomic E-state index is 0.0934. The zero-order chi connectivity index (χ0) is 17.2. The van der Waals surface area contributed by atoms with Gasteiger partial charge in [-0.25, -0.2) is 0 Å². The molecule has 0 fully saturated rings. The summed E-state index contributed by atoms with van der Waals surface area (Å²) >= 11 is 7.68. The number of alkyl halides is 1. The molecule has 6 heteroatoms. The maximum absolute atomic E-state index is 6.18. The first-order chi connectivity index (χ1) is 12.3. The molecule has 1 unspecified atom stereocenters. The van der Waals surface area contributed by atoms with E-state index in [1.807, 2.05) is 18.2 Å². The molecule has 0 amide bonds. The van der Waals surface area contributed by atoms with Crippen LogP contribution in [-0.2, 0) is 0 Å². The van der Waals surface area contributed by atoms with Crippen LogP contribution in [0.25, 0.3) is 5.57 Å². The molecule has 0 N–H and O–H groups in total. The molecule has 124 valence electrons. The molecule has 4 rings (SSSR count). The van der Waals surface area contributed by atoms with Gasteiger partial charge in [0.05, 0.1) is 0 Å². The van der Waals surface area contributed by atoms with Gasteiger partial charge in [0.25, 0.3) is 0 Å². The van der Waals surface area contributed by atoms with Crippen molar-refractivity contribution < 1.29 is 4.74 Å². The Balaban J connectivity index is 1.84. The molecule has 2 aromatic heterocycles. The van der Waals surface area contributed by atoms with Crippen LogP contribution in [0.15, 0.2) is 65.4 Å². The zero-order valence-corrected chi connectivity index (χ0v) is 17.5. The molecule has 3 nitrogen and oxygen atoms in total. The Hall–Kier alpha value is -1.42. The van der Waals surface area contributed by atoms with Crippen molar-refractivity contribution >= 4 is 53.5 Å². The Morgan fingerprint density at radius 3 is 3.12 bits per heavy atom. The molecule has 25 heavy (non-hydrogen) atoms. The molecular weight excluding hydrogens is 459 g/mol. The summed E-state index contributed by atoms with van der Waals surface area (Å²) in [5.41, 5.74) is 4.34. The molecule has 0 bridgehead atoms. The molecule has 0 spiro atoms. The van der Waals surface area contributed by atoms with Gasteiger partial charge in [-0.2, -0.15) is 0 Å². The quantitative estimate of drug-likeness (QED) is 0.499. The van der Waals surface area contributed by atoms with E-state index in [-0.39, 0.29) is 5.92 Å². The van der Waals surface area contributed by atoms with Gasteiger partial charge in [0, 0.05) is 0 Å². The second-order valence-corrected chi connectivity index (χ2v) is 8.84. The third-order valence-corrected chi connectivity index (χ3v) is 6.06. The molecule has 0 saturated carbocycles. The van der Waals surface area contributed by atoms with E-state index >= 15 is 0 Å². The molecule has 0 aromatic carbocycles. The predicted molar refractivity (Wildman–Crippen MR) is 107 cm³/mol. The number of pyridine rings is 1. The third kappa shape index (κ3) is 3.46. The number of allylic oxidation sites excluding steroid dienone is 7. The van der Waals surface area contributed by atoms with Crippen LogP contribution in [0.5, 0.6) is 5.88 Å². The van der Waals surface area contributed by atoms with E-state index in [1.54, 1.807) is 17.5 Å². The van der Waals surface area contributed by atoms with Gasteiger partial charge in [-0.05, 0) is 0 Å². The second kappa shape index (κ2) is 7.44. The van der Waals surface area contributed by atoms with Crippen LogP contribution in [0.3, 0.4) is 0 Å². The van der Waals surface area contributed by atoms with Crippen molar-refractivity contribution in [2.24, 2.45) is 0 Å². The first-order valence-corrected chi connectivity index (χ1v) is 10.8. The number of hydrogen-bond acceptors (Lipinski definition) is 4. The van der Waals surface area contributed by atoms with Crippen LogP contribution in [0, 0.1) is 0 Å². The summed E-state index contributed by atoms with van der Waals surface area (Å²) < 4.78 is 7.20. The Labute approximate surface area is 167 Å². The number of halogens is 1. The van der Waals surface area contributed by atoms with Gasteiger partial charge >= 0.3 is 168 Å². The van der Waals surface area contributed by atoms with Crippen molar-refractivity contribution in [1.82, 2.24) is 9.97 Å². The second-order valence-electron chi connectivity index (χ2n) is 5.64. The summed E-state index contributed by atoms with van der Waals surface area (Å²) in [7, 11) is 0. The molecule has 2 aliphatic rings. The van der Waals surface area contributed by atoms with Gasteiger partial charge in [0.2, 0.25) is 0 Å². The van der Waals surface area contributed by atoms with E-state index < -0.39 is 0 Å². The fraction of sp³-hybridized carbons (Fsp3) is 0.158. The fourth-order valence-corrected chi connectivity index (χ4v) is 4.34. The molecule has 2 aromatic rings. The predicted octanol–water partition coefficient (Wildman–Crippen LogP) is 4.06. The van der Waals surface area contributed by atoms with Gasteiger partial charge in [-0.3, -0.25) is 0 Å². The van der Waals surface area contributed by atoms with Crippen molar-refractivity contribution in [3.63, 3.8) is 0 Å². The van der Waals surface area contributed by atoms with E-state index in [4.69, 9.17) is 4.74 Å². The standard InChI is InChI=1S/C19H14AsBrN2OS/c20-19-23-16(11-25-19)14-5-1-7-17-15(14)10-12(4-2-8-21)13-6-3-9-22-18(13)24-17/h1,3-7,9-11,14H,2,8H2. The number of ether oxygens (including phenoxy) is 1. The van der Waals surface area contributed by atoms with Crippen LogP contribution in [0.1, 0.15) is 23.6 Å². The maximum atomic E-state index is 6.18. The Kier molecular flexibility index (Phi) is 5.07. The van der Waals surface area contributed by atoms with Gasteiger partial charge in [0.1, 0.15) is 0 Å². The Morgan fingerprint density at radius 2 is 2.32 bits per heavy atom. The summed E-state index contributed by atoms with van der Waals surface area (Å²) in [6, 6.07) is 4.01. The molecule has 3 heterocycles. The zero-order valence-electron chi connectivity index (χ0n) is 13.2. The third-order valence-electron chi connectivity index (χ3n) is 4.07. The molecule has 1 aliphatic heterocycles. The number of nitrogens with zero attached hydrogens (tertiary/aromatic N) is 2. The average molecular weight is 473 g/mol. The van der Waals surface area contributed by atoms with Crippen molar-refractivity contribution in [2.45, 2.75) is 12.3 Å². The molecular formula is C19H14AsBrN2OS. The topological polar surface area (TPSA) is 35.0 Å². The summed E-state index contributed by atoms with van der Waals surface area (Å²) in [6.07, 6.45) is 13.4. The number of thiazole rings is 1. The Morgan fingerprint density at radius 1 is 1.40 bits per heavy atom. The van der Waals surface area contributed by atoms with Crippen LogP contribution in [-0.4, -0.2) is 32.2 Å². The van der Waals surface area contributed by atoms with Crippen LogP contribution >= 0.6 is 27.3 Å². The van der Waals surface area contributed by atoms with Gasteiger partial charge in [0.15, 0.2) is 0 Å². The van der Waals surface area contributed by atoms with Gasteiger partial charge in [-0.1, -0.05) is 0 Å². The van der Waals surface area contributed by atoms with E-state index in [9.17, 15) is 0 Å². The van der Waals surface area contributed by atoms with Crippen LogP contribution in [0.4, 0.5) is 0 Å². The van der Waals surface area contributed by atoms with Crippen LogP contribution in [0.2, 0.25) is 0 Å². The molecule has 1 aliphatic carbocycles. The number of fused-ring (bicyclic) bond motifs is 2. The SMILES string of the molecule is [As]c1nc(C2C=CC=C3Oc4ncccc4C(=CCCBr)C=C32)cs1. The van der Waals surface area contributed by atoms with E-state index in [2.05, 4.69) is 72.4 Å². The first kappa shape index (κ1) is 17.0. The minimum absolute atomic E-state index is 0.0934. The van der Waals surface area contributed by atoms with Gasteiger partial charge < -0.3 is 0 Å². The summed E-state index contributed by atoms with van der Waals surface area (Å²) in [5.74, 6) is 1.59. The summed E-state index contributed by atoms with van der Waals surface area (Å²) in [5, 5.41) is 3.04. The average Bonchev–Trinajstić information content (AvgIpc) is 2.98. The van der Waals surface area contributed by atoms with E-state index in [1.165, 1.54) is 0 Å². The first-order valence-electron chi connectivity index (χ1n) is 7.90. The number of hydrogen-bond donors (Lipinski definition) is 0. The monoisotopic (exact) mass is 472 g/mol. The van der Waals surface area contributed by atoms with E-state index in [0.29, 0.717) is 5.88 Å². The fourth-order valence-electron chi connectivity index (χ4n) is 2.96.